The summed E-state index contributed by atoms with van der Waals surface area (Å²) in [4.78, 5) is 24.2. The fraction of sp³-hybridized carbons (Fsp3) is 0.375. The number of halogens is 1. The Hall–Kier alpha value is -2.86. The van der Waals surface area contributed by atoms with Gasteiger partial charge in [-0.25, -0.2) is 10.2 Å². The average Bonchev–Trinajstić information content (AvgIpc) is 2.77. The number of amides is 1. The Labute approximate surface area is 188 Å². The third-order valence-electron chi connectivity index (χ3n) is 4.64. The van der Waals surface area contributed by atoms with Gasteiger partial charge < -0.3 is 9.47 Å². The number of carbonyl (C=O) groups is 2. The highest BCUT2D eigenvalue weighted by molar-refractivity contribution is 6.33. The Bertz CT molecular complexity index is 899. The number of methoxy groups -OCH3 is 1. The summed E-state index contributed by atoms with van der Waals surface area (Å²) in [7, 11) is 1.48. The Morgan fingerprint density at radius 1 is 1.03 bits per heavy atom. The molecule has 0 atom stereocenters. The molecule has 31 heavy (non-hydrogen) atoms. The molecule has 1 N–H and O–H groups in total. The van der Waals surface area contributed by atoms with Gasteiger partial charge in [-0.05, 0) is 42.3 Å². The molecule has 2 aromatic rings. The van der Waals surface area contributed by atoms with Crippen molar-refractivity contribution in [2.24, 2.45) is 5.10 Å². The van der Waals surface area contributed by atoms with Gasteiger partial charge in [-0.1, -0.05) is 62.8 Å². The van der Waals surface area contributed by atoms with Gasteiger partial charge in [0.15, 0.2) is 11.5 Å². The number of esters is 1. The molecule has 0 heterocycles. The van der Waals surface area contributed by atoms with Crippen molar-refractivity contribution in [1.82, 2.24) is 5.43 Å². The van der Waals surface area contributed by atoms with Crippen LogP contribution < -0.4 is 14.9 Å². The molecule has 0 aliphatic rings. The maximum Gasteiger partial charge on any atom is 0.345 e. The third kappa shape index (κ3) is 8.42. The summed E-state index contributed by atoms with van der Waals surface area (Å²) in [6.07, 6.45) is 8.75. The van der Waals surface area contributed by atoms with Gasteiger partial charge >= 0.3 is 5.97 Å². The zero-order valence-corrected chi connectivity index (χ0v) is 18.8. The van der Waals surface area contributed by atoms with Gasteiger partial charge in [-0.2, -0.15) is 5.10 Å². The quantitative estimate of drug-likeness (QED) is 0.148. The molecule has 2 aromatic carbocycles. The van der Waals surface area contributed by atoms with E-state index in [1.807, 2.05) is 0 Å². The summed E-state index contributed by atoms with van der Waals surface area (Å²) in [5.74, 6) is -0.0595. The Kier molecular flexibility index (Phi) is 10.6. The zero-order chi connectivity index (χ0) is 22.5. The number of hydrazone groups is 1. The van der Waals surface area contributed by atoms with Gasteiger partial charge in [-0.15, -0.1) is 0 Å². The second-order valence-corrected chi connectivity index (χ2v) is 7.50. The van der Waals surface area contributed by atoms with Crippen molar-refractivity contribution in [3.63, 3.8) is 0 Å². The van der Waals surface area contributed by atoms with E-state index in [0.717, 1.165) is 19.3 Å². The number of carbonyl (C=O) groups excluding carboxylic acids is 2. The molecular weight excluding hydrogens is 416 g/mol. The number of nitrogens with one attached hydrogen (secondary N) is 1. The van der Waals surface area contributed by atoms with E-state index in [-0.39, 0.29) is 17.2 Å². The minimum absolute atomic E-state index is 0.107. The van der Waals surface area contributed by atoms with Crippen molar-refractivity contribution in [3.8, 4) is 11.5 Å². The number of unbranched alkanes of at least 4 members (excludes halogenated alkanes) is 5. The molecular formula is C24H29ClN2O4. The lowest BCUT2D eigenvalue weighted by Gasteiger charge is -2.10. The van der Waals surface area contributed by atoms with Crippen LogP contribution in [0.1, 0.15) is 67.8 Å². The molecule has 0 radical (unpaired) electrons. The van der Waals surface area contributed by atoms with E-state index in [2.05, 4.69) is 17.5 Å². The fourth-order valence-electron chi connectivity index (χ4n) is 2.93. The topological polar surface area (TPSA) is 77.0 Å². The van der Waals surface area contributed by atoms with Gasteiger partial charge in [-0.3, -0.25) is 4.79 Å². The first-order valence-electron chi connectivity index (χ1n) is 10.5. The minimum Gasteiger partial charge on any atom is -0.493 e. The number of rotatable bonds is 12. The molecule has 2 rings (SSSR count). The van der Waals surface area contributed by atoms with E-state index in [0.29, 0.717) is 22.8 Å². The van der Waals surface area contributed by atoms with Crippen LogP contribution in [0.2, 0.25) is 5.02 Å². The third-order valence-corrected chi connectivity index (χ3v) is 4.97. The first kappa shape index (κ1) is 24.4. The number of hydrogen-bond donors (Lipinski definition) is 1. The van der Waals surface area contributed by atoms with Crippen molar-refractivity contribution in [2.45, 2.75) is 51.9 Å². The second kappa shape index (κ2) is 13.4. The van der Waals surface area contributed by atoms with E-state index in [1.165, 1.54) is 32.6 Å². The van der Waals surface area contributed by atoms with Crippen LogP contribution in [0.15, 0.2) is 47.6 Å². The first-order valence-corrected chi connectivity index (χ1v) is 10.9. The van der Waals surface area contributed by atoms with Crippen molar-refractivity contribution < 1.29 is 19.1 Å². The lowest BCUT2D eigenvalue weighted by Crippen LogP contribution is -2.16. The predicted molar refractivity (Wildman–Crippen MR) is 123 cm³/mol. The summed E-state index contributed by atoms with van der Waals surface area (Å²) in [5, 5.41) is 4.30. The summed E-state index contributed by atoms with van der Waals surface area (Å²) in [6.45, 7) is 2.18. The summed E-state index contributed by atoms with van der Waals surface area (Å²) < 4.78 is 10.7. The van der Waals surface area contributed by atoms with E-state index in [1.54, 1.807) is 42.5 Å². The monoisotopic (exact) mass is 444 g/mol. The van der Waals surface area contributed by atoms with Crippen molar-refractivity contribution >= 4 is 29.7 Å². The molecule has 1 amide bonds. The Morgan fingerprint density at radius 2 is 1.77 bits per heavy atom. The predicted octanol–water partition coefficient (Wildman–Crippen LogP) is 5.77. The van der Waals surface area contributed by atoms with Crippen molar-refractivity contribution in [1.29, 1.82) is 0 Å². The SMILES string of the molecule is CCCCCCCCC(=O)N/N=C/c1ccc(OC(=O)c2ccccc2Cl)c(OC)c1. The summed E-state index contributed by atoms with van der Waals surface area (Å²) in [5.41, 5.74) is 3.49. The molecule has 0 aliphatic heterocycles. The molecule has 0 saturated heterocycles. The number of nitrogens with zero attached hydrogens (tertiary/aromatic N) is 1. The van der Waals surface area contributed by atoms with E-state index >= 15 is 0 Å². The normalized spacial score (nSPS) is 10.8. The molecule has 0 aromatic heterocycles. The number of ether oxygens (including phenoxy) is 2. The zero-order valence-electron chi connectivity index (χ0n) is 18.0. The molecule has 0 unspecified atom stereocenters. The highest BCUT2D eigenvalue weighted by Crippen LogP contribution is 2.29. The maximum atomic E-state index is 12.4. The van der Waals surface area contributed by atoms with Gasteiger partial charge in [0.2, 0.25) is 5.91 Å². The summed E-state index contributed by atoms with van der Waals surface area (Å²) in [6, 6.07) is 11.6. The van der Waals surface area contributed by atoms with Crippen LogP contribution in [-0.4, -0.2) is 25.2 Å². The first-order chi connectivity index (χ1) is 15.0. The van der Waals surface area contributed by atoms with Gasteiger partial charge in [0.25, 0.3) is 0 Å². The van der Waals surface area contributed by atoms with Crippen LogP contribution in [0.4, 0.5) is 0 Å². The maximum absolute atomic E-state index is 12.4. The van der Waals surface area contributed by atoms with Gasteiger partial charge in [0, 0.05) is 6.42 Å². The average molecular weight is 445 g/mol. The fourth-order valence-corrected chi connectivity index (χ4v) is 3.14. The van der Waals surface area contributed by atoms with E-state index in [4.69, 9.17) is 21.1 Å². The molecule has 0 fully saturated rings. The molecule has 0 bridgehead atoms. The lowest BCUT2D eigenvalue weighted by atomic mass is 10.1. The van der Waals surface area contributed by atoms with Gasteiger partial charge in [0.05, 0.1) is 23.9 Å². The smallest absolute Gasteiger partial charge is 0.345 e. The van der Waals surface area contributed by atoms with Crippen LogP contribution in [0.25, 0.3) is 0 Å². The Morgan fingerprint density at radius 3 is 2.52 bits per heavy atom. The summed E-state index contributed by atoms with van der Waals surface area (Å²) >= 11 is 6.04. The minimum atomic E-state index is -0.577. The molecule has 0 spiro atoms. The highest BCUT2D eigenvalue weighted by Gasteiger charge is 2.15. The standard InChI is InChI=1S/C24H29ClN2O4/c1-3-4-5-6-7-8-13-23(28)27-26-17-18-14-15-21(22(16-18)30-2)31-24(29)19-11-9-10-12-20(19)25/h9-12,14-17H,3-8,13H2,1-2H3,(H,27,28)/b26-17+. The molecule has 166 valence electrons. The Balaban J connectivity index is 1.87. The largest absolute Gasteiger partial charge is 0.493 e. The number of benzene rings is 2. The van der Waals surface area contributed by atoms with Crippen LogP contribution in [0.5, 0.6) is 11.5 Å². The van der Waals surface area contributed by atoms with E-state index < -0.39 is 5.97 Å². The molecule has 0 saturated carbocycles. The van der Waals surface area contributed by atoms with Crippen LogP contribution in [-0.2, 0) is 4.79 Å². The molecule has 6 nitrogen and oxygen atoms in total. The second-order valence-electron chi connectivity index (χ2n) is 7.09. The van der Waals surface area contributed by atoms with Crippen molar-refractivity contribution in [3.05, 3.63) is 58.6 Å². The highest BCUT2D eigenvalue weighted by atomic mass is 35.5. The number of hydrogen-bond acceptors (Lipinski definition) is 5. The van der Waals surface area contributed by atoms with Crippen LogP contribution in [0, 0.1) is 0 Å². The lowest BCUT2D eigenvalue weighted by molar-refractivity contribution is -0.121. The van der Waals surface area contributed by atoms with Crippen LogP contribution >= 0.6 is 11.6 Å². The van der Waals surface area contributed by atoms with Crippen molar-refractivity contribution in [2.75, 3.05) is 7.11 Å². The van der Waals surface area contributed by atoms with Crippen LogP contribution in [0.3, 0.4) is 0 Å². The molecule has 7 heteroatoms. The van der Waals surface area contributed by atoms with Gasteiger partial charge in [0.1, 0.15) is 0 Å². The molecule has 0 aliphatic carbocycles. The van der Waals surface area contributed by atoms with E-state index in [9.17, 15) is 9.59 Å².